The van der Waals surface area contributed by atoms with Crippen molar-refractivity contribution in [3.63, 3.8) is 0 Å². The van der Waals surface area contributed by atoms with Crippen molar-refractivity contribution in [3.05, 3.63) is 34.9 Å². The molecule has 1 saturated heterocycles. The molecule has 1 atom stereocenters. The lowest BCUT2D eigenvalue weighted by Gasteiger charge is -2.27. The summed E-state index contributed by atoms with van der Waals surface area (Å²) >= 11 is 6.11. The molecule has 1 aromatic carbocycles. The number of guanidine groups is 1. The maximum atomic E-state index is 6.11. The molecule has 0 aliphatic carbocycles. The fourth-order valence-electron chi connectivity index (χ4n) is 2.71. The van der Waals surface area contributed by atoms with E-state index in [4.69, 9.17) is 21.1 Å². The topological polar surface area (TPSA) is 54.9 Å². The van der Waals surface area contributed by atoms with Gasteiger partial charge in [0.25, 0.3) is 0 Å². The highest BCUT2D eigenvalue weighted by Gasteiger charge is 2.21. The van der Waals surface area contributed by atoms with Crippen LogP contribution in [0.4, 0.5) is 0 Å². The van der Waals surface area contributed by atoms with E-state index in [2.05, 4.69) is 35.5 Å². The first kappa shape index (κ1) is 23.5. The predicted octanol–water partition coefficient (Wildman–Crippen LogP) is 3.60. The highest BCUT2D eigenvalue weighted by Crippen LogP contribution is 2.24. The Bertz CT molecular complexity index is 563. The third-order valence-corrected chi connectivity index (χ3v) is 4.62. The number of nitrogens with zero attached hydrogens (tertiary/aromatic N) is 1. The van der Waals surface area contributed by atoms with E-state index in [9.17, 15) is 0 Å². The summed E-state index contributed by atoms with van der Waals surface area (Å²) in [6.45, 7) is 8.27. The zero-order valence-electron chi connectivity index (χ0n) is 15.9. The summed E-state index contributed by atoms with van der Waals surface area (Å²) in [5, 5.41) is 7.49. The maximum Gasteiger partial charge on any atom is 0.191 e. The molecular weight excluding hydrogens is 465 g/mol. The average molecular weight is 496 g/mol. The minimum Gasteiger partial charge on any atom is -0.379 e. The fourth-order valence-corrected chi connectivity index (χ4v) is 2.90. The van der Waals surface area contributed by atoms with E-state index in [-0.39, 0.29) is 35.5 Å². The maximum absolute atomic E-state index is 6.11. The Hall–Kier alpha value is -0.570. The number of hydrogen-bond donors (Lipinski definition) is 2. The summed E-state index contributed by atoms with van der Waals surface area (Å²) in [4.78, 5) is 4.28. The Labute approximate surface area is 179 Å². The minimum absolute atomic E-state index is 0. The van der Waals surface area contributed by atoms with E-state index in [0.717, 1.165) is 56.7 Å². The van der Waals surface area contributed by atoms with Crippen LogP contribution in [0.15, 0.2) is 29.3 Å². The number of rotatable bonds is 8. The summed E-state index contributed by atoms with van der Waals surface area (Å²) in [6.07, 6.45) is 2.22. The normalized spacial score (nSPS) is 17.7. The van der Waals surface area contributed by atoms with Crippen LogP contribution in [0, 0.1) is 0 Å². The molecule has 0 saturated carbocycles. The molecule has 1 heterocycles. The zero-order valence-corrected chi connectivity index (χ0v) is 19.0. The Morgan fingerprint density at radius 3 is 2.85 bits per heavy atom. The molecular formula is C19H31ClIN3O2. The van der Waals surface area contributed by atoms with Gasteiger partial charge in [-0.25, -0.2) is 0 Å². The molecule has 1 unspecified atom stereocenters. The van der Waals surface area contributed by atoms with E-state index in [0.29, 0.717) is 0 Å². The zero-order chi connectivity index (χ0) is 18.1. The first-order chi connectivity index (χ1) is 12.0. The Morgan fingerprint density at radius 1 is 1.38 bits per heavy atom. The van der Waals surface area contributed by atoms with Crippen LogP contribution in [0.1, 0.15) is 32.3 Å². The van der Waals surface area contributed by atoms with Crippen LogP contribution < -0.4 is 10.6 Å². The van der Waals surface area contributed by atoms with Crippen LogP contribution in [-0.4, -0.2) is 52.0 Å². The largest absolute Gasteiger partial charge is 0.379 e. The van der Waals surface area contributed by atoms with Gasteiger partial charge >= 0.3 is 0 Å². The van der Waals surface area contributed by atoms with Gasteiger partial charge in [-0.1, -0.05) is 37.6 Å². The Kier molecular flexibility index (Phi) is 10.8. The Balaban J connectivity index is 0.00000338. The quantitative estimate of drug-likeness (QED) is 0.250. The lowest BCUT2D eigenvalue weighted by atomic mass is 9.84. The number of hydrogen-bond acceptors (Lipinski definition) is 3. The van der Waals surface area contributed by atoms with Crippen molar-refractivity contribution in [2.75, 3.05) is 40.0 Å². The molecule has 0 radical (unpaired) electrons. The van der Waals surface area contributed by atoms with Gasteiger partial charge in [0.1, 0.15) is 0 Å². The first-order valence-corrected chi connectivity index (χ1v) is 9.29. The van der Waals surface area contributed by atoms with Gasteiger partial charge in [0, 0.05) is 43.8 Å². The molecule has 5 nitrogen and oxygen atoms in total. The number of aliphatic imine (C=N–C) groups is 1. The summed E-state index contributed by atoms with van der Waals surface area (Å²) in [7, 11) is 1.79. The molecule has 1 aliphatic heterocycles. The van der Waals surface area contributed by atoms with Crippen molar-refractivity contribution in [1.29, 1.82) is 0 Å². The van der Waals surface area contributed by atoms with Gasteiger partial charge in [0.05, 0.1) is 12.7 Å². The summed E-state index contributed by atoms with van der Waals surface area (Å²) in [5.41, 5.74) is 1.16. The van der Waals surface area contributed by atoms with E-state index in [1.807, 2.05) is 18.2 Å². The van der Waals surface area contributed by atoms with E-state index < -0.39 is 0 Å². The second kappa shape index (κ2) is 12.0. The smallest absolute Gasteiger partial charge is 0.191 e. The van der Waals surface area contributed by atoms with Crippen molar-refractivity contribution >= 4 is 41.5 Å². The summed E-state index contributed by atoms with van der Waals surface area (Å²) in [6, 6.07) is 8.01. The molecule has 26 heavy (non-hydrogen) atoms. The van der Waals surface area contributed by atoms with Gasteiger partial charge in [0.15, 0.2) is 5.96 Å². The third kappa shape index (κ3) is 7.98. The van der Waals surface area contributed by atoms with Crippen LogP contribution in [0.5, 0.6) is 0 Å². The molecule has 2 N–H and O–H groups in total. The highest BCUT2D eigenvalue weighted by atomic mass is 127. The van der Waals surface area contributed by atoms with Crippen molar-refractivity contribution in [2.45, 2.75) is 38.2 Å². The van der Waals surface area contributed by atoms with E-state index in [1.54, 1.807) is 7.05 Å². The van der Waals surface area contributed by atoms with Gasteiger partial charge in [-0.05, 0) is 30.5 Å². The van der Waals surface area contributed by atoms with Gasteiger partial charge in [-0.3, -0.25) is 4.99 Å². The van der Waals surface area contributed by atoms with Gasteiger partial charge in [-0.2, -0.15) is 0 Å². The Morgan fingerprint density at radius 2 is 2.19 bits per heavy atom. The molecule has 1 fully saturated rings. The molecule has 7 heteroatoms. The van der Waals surface area contributed by atoms with Gasteiger partial charge in [-0.15, -0.1) is 24.0 Å². The summed E-state index contributed by atoms with van der Waals surface area (Å²) in [5.74, 6) is 0.805. The monoisotopic (exact) mass is 495 g/mol. The SMILES string of the molecule is CN=C(NCCCOC1CCOC1)NCC(C)(C)c1cccc(Cl)c1.I. The van der Waals surface area contributed by atoms with Crippen LogP contribution in [0.2, 0.25) is 5.02 Å². The predicted molar refractivity (Wildman–Crippen MR) is 119 cm³/mol. The molecule has 2 rings (SSSR count). The van der Waals surface area contributed by atoms with E-state index >= 15 is 0 Å². The molecule has 0 aromatic heterocycles. The molecule has 0 bridgehead atoms. The van der Waals surface area contributed by atoms with Crippen LogP contribution in [0.3, 0.4) is 0 Å². The standard InChI is InChI=1S/C19H30ClN3O2.HI/c1-19(2,15-6-4-7-16(20)12-15)14-23-18(21-3)22-9-5-10-25-17-8-11-24-13-17;/h4,6-7,12,17H,5,8-11,13-14H2,1-3H3,(H2,21,22,23);1H. The number of halogens is 2. The fraction of sp³-hybridized carbons (Fsp3) is 0.632. The number of nitrogens with one attached hydrogen (secondary N) is 2. The first-order valence-electron chi connectivity index (χ1n) is 8.91. The van der Waals surface area contributed by atoms with Gasteiger partial charge < -0.3 is 20.1 Å². The lowest BCUT2D eigenvalue weighted by molar-refractivity contribution is 0.0420. The number of ether oxygens (including phenoxy) is 2. The van der Waals surface area contributed by atoms with Crippen molar-refractivity contribution in [2.24, 2.45) is 4.99 Å². The molecule has 148 valence electrons. The minimum atomic E-state index is -0.0475. The summed E-state index contributed by atoms with van der Waals surface area (Å²) < 4.78 is 11.1. The molecule has 0 spiro atoms. The molecule has 1 aromatic rings. The van der Waals surface area contributed by atoms with E-state index in [1.165, 1.54) is 5.56 Å². The van der Waals surface area contributed by atoms with Crippen LogP contribution in [0.25, 0.3) is 0 Å². The number of benzene rings is 1. The second-order valence-corrected chi connectivity index (χ2v) is 7.39. The average Bonchev–Trinajstić information content (AvgIpc) is 3.10. The molecule has 0 amide bonds. The van der Waals surface area contributed by atoms with Crippen LogP contribution in [-0.2, 0) is 14.9 Å². The third-order valence-electron chi connectivity index (χ3n) is 4.38. The lowest BCUT2D eigenvalue weighted by Crippen LogP contribution is -2.43. The van der Waals surface area contributed by atoms with Crippen molar-refractivity contribution in [1.82, 2.24) is 10.6 Å². The van der Waals surface area contributed by atoms with Crippen LogP contribution >= 0.6 is 35.6 Å². The highest BCUT2D eigenvalue weighted by molar-refractivity contribution is 14.0. The van der Waals surface area contributed by atoms with Gasteiger partial charge in [0.2, 0.25) is 0 Å². The molecule has 1 aliphatic rings. The van der Waals surface area contributed by atoms with Crippen molar-refractivity contribution in [3.8, 4) is 0 Å². The van der Waals surface area contributed by atoms with Crippen molar-refractivity contribution < 1.29 is 9.47 Å². The second-order valence-electron chi connectivity index (χ2n) is 6.96.